The quantitative estimate of drug-likeness (QED) is 0.334. The SMILES string of the molecule is C[C@@H]1C[C@H]2O[C@@H]2C=CC=CC(=NOCC(=O)NCCF)Cc2c(Cl)c(O)cc(O)c2C(=O)O1. The zero-order valence-corrected chi connectivity index (χ0v) is 18.5. The van der Waals surface area contributed by atoms with Crippen LogP contribution in [0.25, 0.3) is 0 Å². The average molecular weight is 483 g/mol. The van der Waals surface area contributed by atoms with Crippen LogP contribution in [0.15, 0.2) is 35.5 Å². The Hall–Kier alpha value is -3.11. The molecule has 2 aliphatic rings. The number of aromatic hydroxyl groups is 2. The number of cyclic esters (lactones) is 1. The van der Waals surface area contributed by atoms with Gasteiger partial charge < -0.3 is 29.8 Å². The number of rotatable bonds is 5. The van der Waals surface area contributed by atoms with Crippen LogP contribution in [0.1, 0.15) is 29.3 Å². The third kappa shape index (κ3) is 6.69. The molecule has 1 aromatic rings. The smallest absolute Gasteiger partial charge is 0.342 e. The van der Waals surface area contributed by atoms with Crippen LogP contribution in [0.5, 0.6) is 11.5 Å². The van der Waals surface area contributed by atoms with E-state index in [0.717, 1.165) is 6.07 Å². The highest BCUT2D eigenvalue weighted by atomic mass is 35.5. The van der Waals surface area contributed by atoms with E-state index in [1.807, 2.05) is 6.08 Å². The van der Waals surface area contributed by atoms with Gasteiger partial charge in [0.15, 0.2) is 6.61 Å². The average Bonchev–Trinajstić information content (AvgIpc) is 3.49. The first-order valence-electron chi connectivity index (χ1n) is 10.3. The number of allylic oxidation sites excluding steroid dienone is 3. The third-order valence-electron chi connectivity index (χ3n) is 4.87. The Labute approximate surface area is 194 Å². The molecule has 178 valence electrons. The molecule has 0 unspecified atom stereocenters. The van der Waals surface area contributed by atoms with E-state index in [1.165, 1.54) is 0 Å². The fourth-order valence-electron chi connectivity index (χ4n) is 3.26. The minimum Gasteiger partial charge on any atom is -0.507 e. The number of carbonyl (C=O) groups excluding carboxylic acids is 2. The Balaban J connectivity index is 1.93. The monoisotopic (exact) mass is 482 g/mol. The summed E-state index contributed by atoms with van der Waals surface area (Å²) in [7, 11) is 0. The van der Waals surface area contributed by atoms with E-state index >= 15 is 0 Å². The van der Waals surface area contributed by atoms with Gasteiger partial charge in [0.05, 0.1) is 16.8 Å². The van der Waals surface area contributed by atoms with E-state index in [1.54, 1.807) is 25.2 Å². The molecule has 9 nitrogen and oxygen atoms in total. The molecule has 0 radical (unpaired) electrons. The van der Waals surface area contributed by atoms with Gasteiger partial charge in [-0.2, -0.15) is 0 Å². The van der Waals surface area contributed by atoms with Crippen molar-refractivity contribution in [3.05, 3.63) is 46.5 Å². The van der Waals surface area contributed by atoms with Crippen molar-refractivity contribution in [3.8, 4) is 11.5 Å². The second kappa shape index (κ2) is 11.2. The Morgan fingerprint density at radius 3 is 2.91 bits per heavy atom. The summed E-state index contributed by atoms with van der Waals surface area (Å²) in [6.45, 7) is 0.392. The molecule has 0 saturated carbocycles. The lowest BCUT2D eigenvalue weighted by atomic mass is 9.99. The van der Waals surface area contributed by atoms with E-state index < -0.39 is 42.8 Å². The number of epoxide rings is 1. The molecule has 1 amide bonds. The van der Waals surface area contributed by atoms with Gasteiger partial charge in [-0.3, -0.25) is 4.79 Å². The summed E-state index contributed by atoms with van der Waals surface area (Å²) in [5.74, 6) is -2.33. The van der Waals surface area contributed by atoms with Crippen LogP contribution in [0.2, 0.25) is 5.02 Å². The number of esters is 1. The molecule has 0 bridgehead atoms. The number of phenols is 2. The number of nitrogens with zero attached hydrogens (tertiary/aromatic N) is 1. The molecular formula is C22H24ClFN2O7. The molecule has 3 N–H and O–H groups in total. The maximum atomic E-state index is 12.9. The molecule has 33 heavy (non-hydrogen) atoms. The van der Waals surface area contributed by atoms with Gasteiger partial charge in [-0.25, -0.2) is 9.18 Å². The Morgan fingerprint density at radius 2 is 2.15 bits per heavy atom. The molecule has 1 saturated heterocycles. The van der Waals surface area contributed by atoms with Crippen molar-refractivity contribution in [2.75, 3.05) is 19.8 Å². The normalized spacial score (nSPS) is 23.8. The summed E-state index contributed by atoms with van der Waals surface area (Å²) >= 11 is 6.25. The summed E-state index contributed by atoms with van der Waals surface area (Å²) < 4.78 is 23.2. The van der Waals surface area contributed by atoms with Crippen molar-refractivity contribution in [1.82, 2.24) is 5.32 Å². The van der Waals surface area contributed by atoms with Crippen LogP contribution in [-0.4, -0.2) is 65.9 Å². The molecule has 2 aliphatic heterocycles. The van der Waals surface area contributed by atoms with Gasteiger partial charge in [0, 0.05) is 25.5 Å². The number of carbonyl (C=O) groups is 2. The summed E-state index contributed by atoms with van der Waals surface area (Å²) in [6.07, 6.45) is 6.41. The van der Waals surface area contributed by atoms with Gasteiger partial charge >= 0.3 is 5.97 Å². The summed E-state index contributed by atoms with van der Waals surface area (Å²) in [4.78, 5) is 29.5. The van der Waals surface area contributed by atoms with Crippen LogP contribution in [0, 0.1) is 0 Å². The zero-order valence-electron chi connectivity index (χ0n) is 17.8. The minimum atomic E-state index is -0.823. The topological polar surface area (TPSA) is 130 Å². The molecule has 0 aliphatic carbocycles. The number of benzene rings is 1. The van der Waals surface area contributed by atoms with E-state index in [4.69, 9.17) is 25.9 Å². The second-order valence-corrected chi connectivity index (χ2v) is 7.87. The maximum Gasteiger partial charge on any atom is 0.342 e. The fraction of sp³-hybridized carbons (Fsp3) is 0.409. The number of oxime groups is 1. The first-order valence-corrected chi connectivity index (χ1v) is 10.6. The first kappa shape index (κ1) is 24.5. The molecule has 1 fully saturated rings. The lowest BCUT2D eigenvalue weighted by Gasteiger charge is -2.17. The number of hydrogen-bond acceptors (Lipinski definition) is 8. The molecule has 0 aromatic heterocycles. The van der Waals surface area contributed by atoms with Crippen LogP contribution >= 0.6 is 11.6 Å². The predicted octanol–water partition coefficient (Wildman–Crippen LogP) is 2.58. The van der Waals surface area contributed by atoms with Gasteiger partial charge in [0.2, 0.25) is 0 Å². The fourth-order valence-corrected chi connectivity index (χ4v) is 3.48. The van der Waals surface area contributed by atoms with Gasteiger partial charge in [0.25, 0.3) is 5.91 Å². The third-order valence-corrected chi connectivity index (χ3v) is 5.29. The van der Waals surface area contributed by atoms with Crippen molar-refractivity contribution in [3.63, 3.8) is 0 Å². The first-order chi connectivity index (χ1) is 15.8. The molecule has 3 rings (SSSR count). The standard InChI is InChI=1S/C22H24ClFN2O7/c1-12-8-18-17(33-18)5-3-2-4-13(26-31-11-19(29)25-7-6-24)9-14-20(22(30)32-12)15(27)10-16(28)21(14)23/h2-5,10,12,17-18,27-28H,6-9,11H2,1H3,(H,25,29)/t12-,17-,18-/m1/s1. The number of amides is 1. The van der Waals surface area contributed by atoms with Crippen molar-refractivity contribution < 1.29 is 38.5 Å². The van der Waals surface area contributed by atoms with Gasteiger partial charge in [-0.05, 0) is 18.6 Å². The van der Waals surface area contributed by atoms with Crippen molar-refractivity contribution in [2.24, 2.45) is 5.16 Å². The molecule has 3 atom stereocenters. The number of hydrogen-bond donors (Lipinski definition) is 3. The highest BCUT2D eigenvalue weighted by Crippen LogP contribution is 2.38. The largest absolute Gasteiger partial charge is 0.507 e. The lowest BCUT2D eigenvalue weighted by molar-refractivity contribution is -0.125. The summed E-state index contributed by atoms with van der Waals surface area (Å²) in [5, 5.41) is 26.5. The van der Waals surface area contributed by atoms with Gasteiger partial charge in [0.1, 0.15) is 35.9 Å². The number of halogens is 2. The predicted molar refractivity (Wildman–Crippen MR) is 117 cm³/mol. The lowest BCUT2D eigenvalue weighted by Crippen LogP contribution is -2.28. The number of alkyl halides is 1. The molecule has 11 heteroatoms. The second-order valence-electron chi connectivity index (χ2n) is 7.49. The van der Waals surface area contributed by atoms with Crippen LogP contribution in [-0.2, 0) is 25.5 Å². The number of nitrogens with one attached hydrogen (secondary N) is 1. The highest BCUT2D eigenvalue weighted by Gasteiger charge is 2.38. The number of ether oxygens (including phenoxy) is 2. The van der Waals surface area contributed by atoms with Crippen molar-refractivity contribution >= 4 is 29.2 Å². The van der Waals surface area contributed by atoms with Gasteiger partial charge in [-0.15, -0.1) is 0 Å². The zero-order chi connectivity index (χ0) is 24.0. The van der Waals surface area contributed by atoms with Crippen LogP contribution in [0.3, 0.4) is 0 Å². The Kier molecular flexibility index (Phi) is 8.29. The molecule has 0 spiro atoms. The Bertz CT molecular complexity index is 995. The van der Waals surface area contributed by atoms with Gasteiger partial charge in [-0.1, -0.05) is 35.0 Å². The van der Waals surface area contributed by atoms with Crippen LogP contribution < -0.4 is 5.32 Å². The van der Waals surface area contributed by atoms with Crippen LogP contribution in [0.4, 0.5) is 4.39 Å². The Morgan fingerprint density at radius 1 is 1.36 bits per heavy atom. The van der Waals surface area contributed by atoms with Crippen molar-refractivity contribution in [1.29, 1.82) is 0 Å². The number of phenolic OH excluding ortho intramolecular Hbond substituents is 2. The van der Waals surface area contributed by atoms with Crippen molar-refractivity contribution in [2.45, 2.75) is 38.1 Å². The van der Waals surface area contributed by atoms with E-state index in [2.05, 4.69) is 10.5 Å². The minimum absolute atomic E-state index is 0.0711. The van der Waals surface area contributed by atoms with E-state index in [0.29, 0.717) is 6.42 Å². The summed E-state index contributed by atoms with van der Waals surface area (Å²) in [5.41, 5.74) is 0.0754. The van der Waals surface area contributed by atoms with E-state index in [-0.39, 0.29) is 47.0 Å². The molecule has 1 aromatic carbocycles. The molecular weight excluding hydrogens is 459 g/mol. The number of fused-ring (bicyclic) bond motifs is 2. The highest BCUT2D eigenvalue weighted by molar-refractivity contribution is 6.33. The van der Waals surface area contributed by atoms with E-state index in [9.17, 15) is 24.2 Å². The summed E-state index contributed by atoms with van der Waals surface area (Å²) in [6, 6.07) is 0.956. The maximum absolute atomic E-state index is 12.9. The molecule has 2 heterocycles.